The minimum atomic E-state index is -3.70. The first-order valence-electron chi connectivity index (χ1n) is 11.7. The Kier molecular flexibility index (Phi) is 10.3. The van der Waals surface area contributed by atoms with Crippen LogP contribution in [0.4, 0.5) is 10.5 Å². The molecule has 2 aromatic rings. The van der Waals surface area contributed by atoms with Crippen LogP contribution < -0.4 is 15.4 Å². The number of amides is 3. The molecule has 0 saturated heterocycles. The molecule has 0 aromatic heterocycles. The average molecular weight is 535 g/mol. The molecule has 0 saturated carbocycles. The first-order chi connectivity index (χ1) is 17.3. The van der Waals surface area contributed by atoms with Gasteiger partial charge in [0.2, 0.25) is 21.8 Å². The Bertz CT molecular complexity index is 1200. The molecule has 37 heavy (non-hydrogen) atoms. The summed E-state index contributed by atoms with van der Waals surface area (Å²) >= 11 is 0. The fourth-order valence-electron chi connectivity index (χ4n) is 3.69. The number of anilines is 1. The maximum absolute atomic E-state index is 13.0. The van der Waals surface area contributed by atoms with Gasteiger partial charge in [0.1, 0.15) is 11.8 Å². The maximum Gasteiger partial charge on any atom is 0.408 e. The number of para-hydroxylation sites is 1. The highest BCUT2D eigenvalue weighted by Crippen LogP contribution is 2.33. The van der Waals surface area contributed by atoms with E-state index in [1.165, 1.54) is 12.1 Å². The number of carbonyl (C=O) groups excluding carboxylic acids is 2. The highest BCUT2D eigenvalue weighted by molar-refractivity contribution is 7.92. The molecule has 1 atom stereocenters. The number of primary amides is 1. The molecule has 0 bridgehead atoms. The summed E-state index contributed by atoms with van der Waals surface area (Å²) in [5, 5.41) is 23.1. The molecule has 1 unspecified atom stereocenters. The summed E-state index contributed by atoms with van der Waals surface area (Å²) in [5.74, 6) is -1.76. The zero-order valence-corrected chi connectivity index (χ0v) is 21.9. The predicted octanol–water partition coefficient (Wildman–Crippen LogP) is 2.24. The lowest BCUT2D eigenvalue weighted by molar-refractivity contribution is -0.130. The molecule has 0 radical (unpaired) electrons. The van der Waals surface area contributed by atoms with Crippen LogP contribution in [0, 0.1) is 5.92 Å². The second kappa shape index (κ2) is 12.9. The van der Waals surface area contributed by atoms with E-state index in [1.54, 1.807) is 36.4 Å². The van der Waals surface area contributed by atoms with Crippen LogP contribution in [0.25, 0.3) is 0 Å². The van der Waals surface area contributed by atoms with E-state index in [2.05, 4.69) is 5.32 Å². The Hall–Kier alpha value is -3.80. The van der Waals surface area contributed by atoms with Gasteiger partial charge in [0, 0.05) is 25.2 Å². The maximum atomic E-state index is 13.0. The lowest BCUT2D eigenvalue weighted by Gasteiger charge is -2.28. The molecular formula is C25H34N4O7S. The van der Waals surface area contributed by atoms with Crippen LogP contribution in [0.15, 0.2) is 48.5 Å². The van der Waals surface area contributed by atoms with Crippen LogP contribution in [0.3, 0.4) is 0 Å². The monoisotopic (exact) mass is 534 g/mol. The van der Waals surface area contributed by atoms with E-state index in [-0.39, 0.29) is 42.6 Å². The van der Waals surface area contributed by atoms with Crippen LogP contribution in [-0.4, -0.2) is 60.3 Å². The summed E-state index contributed by atoms with van der Waals surface area (Å²) in [6.45, 7) is 3.67. The van der Waals surface area contributed by atoms with Gasteiger partial charge in [-0.15, -0.1) is 0 Å². The fourth-order valence-corrected chi connectivity index (χ4v) is 4.63. The Morgan fingerprint density at radius 2 is 1.70 bits per heavy atom. The lowest BCUT2D eigenvalue weighted by Crippen LogP contribution is -2.50. The van der Waals surface area contributed by atoms with Crippen molar-refractivity contribution >= 4 is 33.6 Å². The first-order valence-corrected chi connectivity index (χ1v) is 13.5. The van der Waals surface area contributed by atoms with Gasteiger partial charge in [-0.2, -0.15) is 0 Å². The number of nitrogens with one attached hydrogen (secondary N) is 1. The predicted molar refractivity (Wildman–Crippen MR) is 139 cm³/mol. The lowest BCUT2D eigenvalue weighted by atomic mass is 10.1. The number of benzene rings is 2. The molecule has 0 aliphatic rings. The van der Waals surface area contributed by atoms with Gasteiger partial charge in [-0.25, -0.2) is 13.2 Å². The molecule has 0 aliphatic heterocycles. The van der Waals surface area contributed by atoms with Gasteiger partial charge in [-0.05, 0) is 24.0 Å². The van der Waals surface area contributed by atoms with Crippen molar-refractivity contribution in [3.63, 3.8) is 0 Å². The quantitative estimate of drug-likeness (QED) is 0.305. The van der Waals surface area contributed by atoms with Gasteiger partial charge in [-0.3, -0.25) is 18.8 Å². The fraction of sp³-hybridized carbons (Fsp3) is 0.400. The van der Waals surface area contributed by atoms with Gasteiger partial charge < -0.3 is 21.3 Å². The van der Waals surface area contributed by atoms with Crippen molar-refractivity contribution < 1.29 is 33.0 Å². The second-order valence-electron chi connectivity index (χ2n) is 9.10. The van der Waals surface area contributed by atoms with Crippen LogP contribution >= 0.6 is 0 Å². The summed E-state index contributed by atoms with van der Waals surface area (Å²) < 4.78 is 25.9. The molecule has 202 valence electrons. The molecule has 11 nitrogen and oxygen atoms in total. The number of hydrogen-bond donors (Lipinski definition) is 4. The molecule has 0 aliphatic carbocycles. The first kappa shape index (κ1) is 29.4. The van der Waals surface area contributed by atoms with Crippen molar-refractivity contribution in [2.24, 2.45) is 11.7 Å². The van der Waals surface area contributed by atoms with Crippen LogP contribution in [0.5, 0.6) is 5.75 Å². The number of rotatable bonds is 13. The van der Waals surface area contributed by atoms with Gasteiger partial charge in [-0.1, -0.05) is 56.3 Å². The number of sulfonamides is 1. The van der Waals surface area contributed by atoms with E-state index >= 15 is 0 Å². The van der Waals surface area contributed by atoms with Crippen LogP contribution in [0.2, 0.25) is 0 Å². The summed E-state index contributed by atoms with van der Waals surface area (Å²) in [6.07, 6.45) is -0.352. The third-order valence-electron chi connectivity index (χ3n) is 5.64. The minimum Gasteiger partial charge on any atom is -0.505 e. The number of nitrogens with two attached hydrogens (primary N) is 1. The van der Waals surface area contributed by atoms with Gasteiger partial charge in [0.25, 0.3) is 0 Å². The normalized spacial score (nSPS) is 12.1. The third kappa shape index (κ3) is 8.67. The van der Waals surface area contributed by atoms with Crippen molar-refractivity contribution in [3.05, 3.63) is 59.7 Å². The Morgan fingerprint density at radius 3 is 2.24 bits per heavy atom. The highest BCUT2D eigenvalue weighted by atomic mass is 32.2. The van der Waals surface area contributed by atoms with E-state index < -0.39 is 40.4 Å². The number of carboxylic acid groups (broad SMARTS) is 1. The number of phenolic OH excluding ortho intramolecular Hbond substituents is 1. The molecule has 2 rings (SSSR count). The molecule has 3 amide bonds. The zero-order chi connectivity index (χ0) is 27.8. The highest BCUT2D eigenvalue weighted by Gasteiger charge is 2.31. The van der Waals surface area contributed by atoms with E-state index in [0.717, 1.165) is 15.5 Å². The molecule has 0 heterocycles. The minimum absolute atomic E-state index is 0.0693. The zero-order valence-electron chi connectivity index (χ0n) is 21.1. The van der Waals surface area contributed by atoms with Crippen LogP contribution in [-0.2, 0) is 32.7 Å². The molecule has 2 aromatic carbocycles. The number of phenols is 1. The van der Waals surface area contributed by atoms with Crippen molar-refractivity contribution in [2.45, 2.75) is 45.8 Å². The molecule has 0 spiro atoms. The summed E-state index contributed by atoms with van der Waals surface area (Å²) in [6, 6.07) is 11.7. The Labute approximate surface area is 216 Å². The van der Waals surface area contributed by atoms with Gasteiger partial charge in [0.15, 0.2) is 0 Å². The number of aromatic hydroxyl groups is 1. The largest absolute Gasteiger partial charge is 0.505 e. The SMILES string of the molecule is CC(C)CCN(c1cccc(CNC(=O)C(CC(N)=O)N(Cc2ccccc2)C(=O)O)c1O)S(C)(=O)=O. The molecule has 5 N–H and O–H groups in total. The van der Waals surface area contributed by atoms with Gasteiger partial charge in [0.05, 0.1) is 18.4 Å². The molecular weight excluding hydrogens is 500 g/mol. The summed E-state index contributed by atoms with van der Waals surface area (Å²) in [4.78, 5) is 37.5. The summed E-state index contributed by atoms with van der Waals surface area (Å²) in [5.41, 5.74) is 6.19. The average Bonchev–Trinajstić information content (AvgIpc) is 2.80. The number of nitrogens with zero attached hydrogens (tertiary/aromatic N) is 2. The Morgan fingerprint density at radius 1 is 1.05 bits per heavy atom. The second-order valence-corrected chi connectivity index (χ2v) is 11.0. The number of carbonyl (C=O) groups is 3. The van der Waals surface area contributed by atoms with E-state index in [1.807, 2.05) is 13.8 Å². The summed E-state index contributed by atoms with van der Waals surface area (Å²) in [7, 11) is -3.70. The van der Waals surface area contributed by atoms with Crippen molar-refractivity contribution in [1.29, 1.82) is 0 Å². The van der Waals surface area contributed by atoms with E-state index in [0.29, 0.717) is 12.0 Å². The van der Waals surface area contributed by atoms with Crippen LogP contribution in [0.1, 0.15) is 37.8 Å². The standard InChI is InChI=1S/C25H34N4O7S/c1-17(2)12-13-29(37(3,35)36)20-11-7-10-19(23(20)31)15-27-24(32)21(14-22(26)30)28(25(33)34)16-18-8-5-4-6-9-18/h4-11,17,21,31H,12-16H2,1-3H3,(H2,26,30)(H,27,32)(H,33,34). The van der Waals surface area contributed by atoms with Crippen molar-refractivity contribution in [1.82, 2.24) is 10.2 Å². The smallest absolute Gasteiger partial charge is 0.408 e. The van der Waals surface area contributed by atoms with E-state index in [4.69, 9.17) is 5.73 Å². The Balaban J connectivity index is 2.28. The van der Waals surface area contributed by atoms with E-state index in [9.17, 15) is 33.0 Å². The van der Waals surface area contributed by atoms with Crippen molar-refractivity contribution in [2.75, 3.05) is 17.1 Å². The molecule has 0 fully saturated rings. The van der Waals surface area contributed by atoms with Gasteiger partial charge >= 0.3 is 6.09 Å². The van der Waals surface area contributed by atoms with Crippen molar-refractivity contribution in [3.8, 4) is 5.75 Å². The number of hydrogen-bond acceptors (Lipinski definition) is 6. The topological polar surface area (TPSA) is 170 Å². The third-order valence-corrected chi connectivity index (χ3v) is 6.82. The molecule has 12 heteroatoms.